The second-order valence-corrected chi connectivity index (χ2v) is 20.1. The number of nitrogens with zero attached hydrogens (tertiary/aromatic N) is 2. The largest absolute Gasteiger partial charge is 2.00 e. The molecule has 4 heterocycles. The number of hydrogen-bond acceptors (Lipinski definition) is 9. The molecule has 8 aromatic rings. The summed E-state index contributed by atoms with van der Waals surface area (Å²) in [5.74, 6) is -2.71. The van der Waals surface area contributed by atoms with Crippen LogP contribution in [0.4, 0.5) is 26.3 Å². The fourth-order valence-electron chi connectivity index (χ4n) is 8.80. The third-order valence-corrected chi connectivity index (χ3v) is 15.0. The zero-order chi connectivity index (χ0) is 49.9. The van der Waals surface area contributed by atoms with Crippen LogP contribution in [0, 0.1) is 13.8 Å². The number of carboxylic acid groups (broad SMARTS) is 2. The van der Waals surface area contributed by atoms with Gasteiger partial charge in [0.2, 0.25) is 0 Å². The Morgan fingerprint density at radius 2 is 0.918 bits per heavy atom. The van der Waals surface area contributed by atoms with Gasteiger partial charge in [-0.25, -0.2) is 4.79 Å². The van der Waals surface area contributed by atoms with Crippen molar-refractivity contribution in [1.29, 1.82) is 0 Å². The predicted molar refractivity (Wildman–Crippen MR) is 261 cm³/mol. The second-order valence-electron chi connectivity index (χ2n) is 17.6. The first-order valence-electron chi connectivity index (χ1n) is 21.9. The predicted octanol–water partition coefficient (Wildman–Crippen LogP) is 10.3. The van der Waals surface area contributed by atoms with Crippen molar-refractivity contribution < 1.29 is 66.7 Å². The summed E-state index contributed by atoms with van der Waals surface area (Å²) in [6, 6.07) is 26.7. The molecule has 2 aliphatic rings. The molecule has 0 spiro atoms. The fraction of sp³-hybridized carbons (Fsp3) is 0.231. The van der Waals surface area contributed by atoms with Gasteiger partial charge in [0.15, 0.2) is 0 Å². The van der Waals surface area contributed by atoms with E-state index in [9.17, 15) is 50.6 Å². The number of carboxylic acids is 2. The number of nitrogens with one attached hydrogen (secondary N) is 2. The molecule has 10 rings (SSSR count). The number of aromatic carboxylic acids is 2. The summed E-state index contributed by atoms with van der Waals surface area (Å²) in [5, 5.41) is 26.5. The normalized spacial score (nSPS) is 14.1. The summed E-state index contributed by atoms with van der Waals surface area (Å²) in [7, 11) is 0. The van der Waals surface area contributed by atoms with Gasteiger partial charge in [0.25, 0.3) is 11.8 Å². The van der Waals surface area contributed by atoms with Crippen LogP contribution >= 0.6 is 22.7 Å². The molecule has 73 heavy (non-hydrogen) atoms. The molecule has 2 fully saturated rings. The maximum absolute atomic E-state index is 13.5. The molecule has 0 saturated heterocycles. The number of carbonyl (C=O) groups is 4. The van der Waals surface area contributed by atoms with E-state index in [0.29, 0.717) is 35.3 Å². The number of rotatable bonds is 12. The number of thiophene rings is 2. The van der Waals surface area contributed by atoms with Crippen LogP contribution in [-0.4, -0.2) is 72.0 Å². The maximum atomic E-state index is 13.5. The van der Waals surface area contributed by atoms with Gasteiger partial charge in [0, 0.05) is 35.2 Å². The van der Waals surface area contributed by atoms with Crippen LogP contribution in [0.15, 0.2) is 122 Å². The Balaban J connectivity index is 0.000000229. The number of benzene rings is 4. The molecule has 4 aromatic carbocycles. The van der Waals surface area contributed by atoms with E-state index in [1.54, 1.807) is 24.3 Å². The number of amides is 2. The van der Waals surface area contributed by atoms with E-state index in [2.05, 4.69) is 10.6 Å². The summed E-state index contributed by atoms with van der Waals surface area (Å²) < 4.78 is 83.0. The van der Waals surface area contributed by atoms with Gasteiger partial charge in [-0.2, -0.15) is 26.3 Å². The van der Waals surface area contributed by atoms with Crippen molar-refractivity contribution in [1.82, 2.24) is 19.8 Å². The molecular weight excluding hydrogens is 1010 g/mol. The Morgan fingerprint density at radius 1 is 0.575 bits per heavy atom. The Hall–Kier alpha value is -6.49. The Labute approximate surface area is 437 Å². The van der Waals surface area contributed by atoms with Crippen molar-refractivity contribution in [3.63, 3.8) is 0 Å². The van der Waals surface area contributed by atoms with Gasteiger partial charge in [0.1, 0.15) is 0 Å². The Morgan fingerprint density at radius 3 is 1.22 bits per heavy atom. The van der Waals surface area contributed by atoms with E-state index >= 15 is 0 Å². The number of fused-ring (bicyclic) bond motifs is 2. The van der Waals surface area contributed by atoms with E-state index in [0.717, 1.165) is 91.3 Å². The number of hydrogen-bond donors (Lipinski definition) is 3. The molecule has 2 saturated carbocycles. The topological polar surface area (TPSA) is 205 Å². The van der Waals surface area contributed by atoms with Crippen LogP contribution in [0.3, 0.4) is 0 Å². The van der Waals surface area contributed by atoms with Crippen molar-refractivity contribution in [2.45, 2.75) is 76.1 Å². The van der Waals surface area contributed by atoms with Gasteiger partial charge in [0.05, 0.1) is 65.3 Å². The first-order chi connectivity index (χ1) is 33.1. The minimum Gasteiger partial charge on any atom is -0.870 e. The summed E-state index contributed by atoms with van der Waals surface area (Å²) >= 11 is 2.99. The Bertz CT molecular complexity index is 3100. The summed E-state index contributed by atoms with van der Waals surface area (Å²) in [5.41, 5.74) is 3.46. The van der Waals surface area contributed by atoms with Crippen LogP contribution in [0.5, 0.6) is 0 Å². The zero-order valence-electron chi connectivity index (χ0n) is 38.9. The molecule has 12 nitrogen and oxygen atoms in total. The van der Waals surface area contributed by atoms with Crippen molar-refractivity contribution in [3.8, 4) is 0 Å². The van der Waals surface area contributed by atoms with E-state index in [1.807, 2.05) is 47.5 Å². The molecule has 0 radical (unpaired) electrons. The smallest absolute Gasteiger partial charge is 0.870 e. The number of halogens is 6. The minimum absolute atomic E-state index is 0. The maximum Gasteiger partial charge on any atom is 2.00 e. The molecule has 0 bridgehead atoms. The van der Waals surface area contributed by atoms with Gasteiger partial charge >= 0.3 is 41.4 Å². The minimum atomic E-state index is -4.39. The monoisotopic (exact) mass is 1050 g/mol. The average molecular weight is 1050 g/mol. The third kappa shape index (κ3) is 11.5. The van der Waals surface area contributed by atoms with Gasteiger partial charge in [-0.05, 0) is 116 Å². The van der Waals surface area contributed by atoms with Crippen LogP contribution in [0.25, 0.3) is 20.4 Å². The van der Waals surface area contributed by atoms with Crippen molar-refractivity contribution in [2.75, 3.05) is 0 Å². The fourth-order valence-corrected chi connectivity index (χ4v) is 10.9. The molecule has 0 unspecified atom stereocenters. The quantitative estimate of drug-likeness (QED) is 0.0791. The molecule has 2 amide bonds. The van der Waals surface area contributed by atoms with Gasteiger partial charge < -0.3 is 45.7 Å². The van der Waals surface area contributed by atoms with Crippen LogP contribution in [0.2, 0.25) is 0 Å². The van der Waals surface area contributed by atoms with Crippen molar-refractivity contribution in [2.24, 2.45) is 0 Å². The molecule has 21 heteroatoms. The third-order valence-electron chi connectivity index (χ3n) is 12.8. The van der Waals surface area contributed by atoms with Crippen LogP contribution in [0.1, 0.15) is 110 Å². The molecular formula is C52H43F6MgN4O8S2-. The number of carbonyl (C=O) groups excluding carboxylic acids is 3. The van der Waals surface area contributed by atoms with Gasteiger partial charge in [-0.15, -0.1) is 22.7 Å². The average Bonchev–Trinajstić information content (AvgIpc) is 4.11. The van der Waals surface area contributed by atoms with Crippen LogP contribution in [-0.2, 0) is 36.5 Å². The SMILES string of the molecule is Cc1sc2ccn(Cc3ccc(C(F)(F)F)cc3)c2c1C(=O)NC1(c2ccc(C(=O)O)cc2)CC1.Cc1sc2ccn(Cc3ccc(C(F)(F)F)cc3)c2c1C(=O)NC1(c2ccc(C(=O)[O-])cc2)CC1.[Mg+2].[OH-].[OH-]. The molecule has 0 aliphatic heterocycles. The van der Waals surface area contributed by atoms with E-state index in [4.69, 9.17) is 5.11 Å². The summed E-state index contributed by atoms with van der Waals surface area (Å²) in [6.07, 6.45) is -2.12. The standard InChI is InChI=1S/2C26H21F3N2O3S.Mg.2H2O/c2*1-15-21(23(32)30-25(11-12-25)18-8-4-17(5-9-18)24(33)34)22-20(35-15)10-13-31(22)14-16-2-6-19(7-3-16)26(27,28)29;;;/h2*2-10,13H,11-12,14H2,1H3,(H,30,32)(H,33,34);;2*1H2/q;;+2;;/p-3. The van der Waals surface area contributed by atoms with Gasteiger partial charge in [-0.3, -0.25) is 9.59 Å². The van der Waals surface area contributed by atoms with Crippen molar-refractivity contribution in [3.05, 3.63) is 187 Å². The van der Waals surface area contributed by atoms with Crippen LogP contribution < -0.4 is 15.7 Å². The molecule has 376 valence electrons. The van der Waals surface area contributed by atoms with E-state index in [-0.39, 0.29) is 56.9 Å². The van der Waals surface area contributed by atoms with E-state index in [1.165, 1.54) is 71.2 Å². The van der Waals surface area contributed by atoms with Gasteiger partial charge in [-0.1, -0.05) is 60.7 Å². The molecule has 4 aromatic heterocycles. The second kappa shape index (κ2) is 21.2. The molecule has 0 atom stereocenters. The van der Waals surface area contributed by atoms with Crippen molar-refractivity contribution >= 4 is 89.9 Å². The Kier molecular flexibility index (Phi) is 16.2. The first kappa shape index (κ1) is 55.8. The molecule has 5 N–H and O–H groups in total. The summed E-state index contributed by atoms with van der Waals surface area (Å²) in [4.78, 5) is 50.8. The van der Waals surface area contributed by atoms with E-state index < -0.39 is 46.5 Å². The number of aryl methyl sites for hydroxylation is 2. The number of aromatic nitrogens is 2. The number of alkyl halides is 6. The summed E-state index contributed by atoms with van der Waals surface area (Å²) in [6.45, 7) is 4.41. The zero-order valence-corrected chi connectivity index (χ0v) is 41.9. The first-order valence-corrected chi connectivity index (χ1v) is 23.6. The molecule has 2 aliphatic carbocycles.